The van der Waals surface area contributed by atoms with Crippen molar-refractivity contribution in [3.8, 4) is 0 Å². The first-order valence-electron chi connectivity index (χ1n) is 21.3. The number of unbranched alkanes of at least 4 members (excludes halogenated alkanes) is 8. The molecule has 8 heteroatoms. The van der Waals surface area contributed by atoms with E-state index in [0.29, 0.717) is 19.3 Å². The van der Waals surface area contributed by atoms with Gasteiger partial charge in [0.1, 0.15) is 12.6 Å². The Morgan fingerprint density at radius 2 is 1.54 bits per heavy atom. The van der Waals surface area contributed by atoms with Crippen LogP contribution in [0, 0.1) is 46.3 Å². The fourth-order valence-electron chi connectivity index (χ4n) is 11.4. The van der Waals surface area contributed by atoms with E-state index in [1.165, 1.54) is 38.5 Å². The lowest BCUT2D eigenvalue weighted by molar-refractivity contribution is -0.209. The first-order valence-corrected chi connectivity index (χ1v) is 21.3. The molecule has 4 rings (SSSR count). The third-order valence-electron chi connectivity index (χ3n) is 14.4. The molecule has 0 radical (unpaired) electrons. The molecule has 11 atom stereocenters. The van der Waals surface area contributed by atoms with Crippen molar-refractivity contribution in [2.75, 3.05) is 6.54 Å². The van der Waals surface area contributed by atoms with E-state index >= 15 is 0 Å². The molecule has 296 valence electrons. The van der Waals surface area contributed by atoms with E-state index in [0.717, 1.165) is 70.6 Å². The topological polar surface area (TPSA) is 133 Å². The number of hydrogen-bond acceptors (Lipinski definition) is 6. The predicted molar refractivity (Wildman–Crippen MR) is 206 cm³/mol. The van der Waals surface area contributed by atoms with Crippen LogP contribution in [0.5, 0.6) is 0 Å². The van der Waals surface area contributed by atoms with Crippen LogP contribution in [0.2, 0.25) is 0 Å². The number of amides is 1. The zero-order valence-corrected chi connectivity index (χ0v) is 33.0. The second kappa shape index (κ2) is 20.5. The van der Waals surface area contributed by atoms with Crippen LogP contribution >= 0.6 is 0 Å². The molecule has 0 aliphatic heterocycles. The number of ether oxygens (including phenoxy) is 1. The quantitative estimate of drug-likeness (QED) is 0.0527. The highest BCUT2D eigenvalue weighted by Gasteiger charge is 2.65. The molecule has 0 heterocycles. The molecule has 0 bridgehead atoms. The highest BCUT2D eigenvalue weighted by molar-refractivity contribution is 5.81. The van der Waals surface area contributed by atoms with Crippen molar-refractivity contribution < 1.29 is 34.4 Å². The lowest BCUT2D eigenvalue weighted by Crippen LogP contribution is -2.62. The molecule has 4 saturated carbocycles. The SMILES string of the molecule is CCCCCC=CCC=CCCCCCCCC(=O)O[C@@H]1CC[C@@]2(C)C(C1)C[C@@H](O)[C@H]1[C@@H]3CC[C@H]([C@H](C)CCC(=O)NCC(=O)O)[C@@]3(C)[C@@H](O)C[C@@H]12. The summed E-state index contributed by atoms with van der Waals surface area (Å²) in [5.41, 5.74) is -0.321. The summed E-state index contributed by atoms with van der Waals surface area (Å²) in [6, 6.07) is 0. The van der Waals surface area contributed by atoms with E-state index in [1.807, 2.05) is 0 Å². The monoisotopic (exact) mass is 728 g/mol. The number of aliphatic hydroxyl groups excluding tert-OH is 2. The Balaban J connectivity index is 1.18. The number of aliphatic carboxylic acids is 1. The largest absolute Gasteiger partial charge is 0.480 e. The second-order valence-electron chi connectivity index (χ2n) is 17.7. The molecule has 0 aromatic carbocycles. The number of carboxylic acid groups (broad SMARTS) is 1. The molecule has 4 aliphatic rings. The predicted octanol–water partition coefficient (Wildman–Crippen LogP) is 8.93. The molecule has 0 aromatic heterocycles. The molecule has 0 saturated heterocycles. The molecule has 8 nitrogen and oxygen atoms in total. The summed E-state index contributed by atoms with van der Waals surface area (Å²) in [5.74, 6) is -0.0661. The fourth-order valence-corrected chi connectivity index (χ4v) is 11.4. The zero-order valence-electron chi connectivity index (χ0n) is 33.0. The number of hydrogen-bond donors (Lipinski definition) is 4. The Labute approximate surface area is 315 Å². The van der Waals surface area contributed by atoms with Gasteiger partial charge in [-0.2, -0.15) is 0 Å². The number of fused-ring (bicyclic) bond motifs is 5. The van der Waals surface area contributed by atoms with Gasteiger partial charge < -0.3 is 25.4 Å². The molecule has 0 aromatic rings. The minimum Gasteiger partial charge on any atom is -0.480 e. The van der Waals surface area contributed by atoms with Gasteiger partial charge >= 0.3 is 11.9 Å². The lowest BCUT2D eigenvalue weighted by atomic mass is 9.43. The van der Waals surface area contributed by atoms with Crippen molar-refractivity contribution in [2.24, 2.45) is 46.3 Å². The number of allylic oxidation sites excluding steroid dienone is 4. The first-order chi connectivity index (χ1) is 24.9. The van der Waals surface area contributed by atoms with Gasteiger partial charge in [-0.3, -0.25) is 14.4 Å². The van der Waals surface area contributed by atoms with Crippen molar-refractivity contribution in [1.82, 2.24) is 5.32 Å². The van der Waals surface area contributed by atoms with Crippen LogP contribution in [-0.4, -0.2) is 58.0 Å². The molecule has 1 unspecified atom stereocenters. The van der Waals surface area contributed by atoms with E-state index in [9.17, 15) is 24.6 Å². The Hall–Kier alpha value is -2.19. The van der Waals surface area contributed by atoms with Crippen LogP contribution in [-0.2, 0) is 19.1 Å². The number of rotatable bonds is 21. The number of carboxylic acids is 1. The normalized spacial score (nSPS) is 34.8. The van der Waals surface area contributed by atoms with Crippen molar-refractivity contribution in [2.45, 2.75) is 181 Å². The third kappa shape index (κ3) is 11.0. The van der Waals surface area contributed by atoms with Crippen LogP contribution in [0.3, 0.4) is 0 Å². The van der Waals surface area contributed by atoms with Gasteiger partial charge in [0, 0.05) is 12.8 Å². The average molecular weight is 728 g/mol. The Kier molecular flexibility index (Phi) is 16.8. The minimum atomic E-state index is -1.05. The Morgan fingerprint density at radius 1 is 0.846 bits per heavy atom. The number of nitrogens with one attached hydrogen (secondary N) is 1. The van der Waals surface area contributed by atoms with Crippen molar-refractivity contribution in [3.05, 3.63) is 24.3 Å². The van der Waals surface area contributed by atoms with Gasteiger partial charge in [-0.25, -0.2) is 0 Å². The van der Waals surface area contributed by atoms with Crippen LogP contribution in [0.25, 0.3) is 0 Å². The number of esters is 1. The maximum atomic E-state index is 12.8. The van der Waals surface area contributed by atoms with Gasteiger partial charge in [-0.15, -0.1) is 0 Å². The van der Waals surface area contributed by atoms with Gasteiger partial charge in [-0.05, 0) is 136 Å². The summed E-state index contributed by atoms with van der Waals surface area (Å²) < 4.78 is 6.05. The molecule has 4 N–H and O–H groups in total. The summed E-state index contributed by atoms with van der Waals surface area (Å²) in [7, 11) is 0. The van der Waals surface area contributed by atoms with Crippen LogP contribution in [0.4, 0.5) is 0 Å². The maximum absolute atomic E-state index is 12.8. The highest BCUT2D eigenvalue weighted by atomic mass is 16.5. The third-order valence-corrected chi connectivity index (χ3v) is 14.4. The van der Waals surface area contributed by atoms with Gasteiger partial charge in [0.05, 0.1) is 12.2 Å². The average Bonchev–Trinajstić information content (AvgIpc) is 3.47. The molecular formula is C44H73NO7. The molecular weight excluding hydrogens is 654 g/mol. The van der Waals surface area contributed by atoms with Crippen molar-refractivity contribution in [1.29, 1.82) is 0 Å². The lowest BCUT2D eigenvalue weighted by Gasteiger charge is -2.63. The van der Waals surface area contributed by atoms with Gasteiger partial charge in [-0.1, -0.05) is 84.1 Å². The summed E-state index contributed by atoms with van der Waals surface area (Å²) in [5, 5.41) is 35.0. The van der Waals surface area contributed by atoms with Crippen LogP contribution in [0.15, 0.2) is 24.3 Å². The van der Waals surface area contributed by atoms with E-state index in [2.05, 4.69) is 57.3 Å². The van der Waals surface area contributed by atoms with Gasteiger partial charge in [0.15, 0.2) is 0 Å². The van der Waals surface area contributed by atoms with Crippen LogP contribution < -0.4 is 5.32 Å². The van der Waals surface area contributed by atoms with Gasteiger partial charge in [0.25, 0.3) is 0 Å². The Morgan fingerprint density at radius 3 is 2.25 bits per heavy atom. The number of carbonyl (C=O) groups is 3. The van der Waals surface area contributed by atoms with Crippen LogP contribution in [0.1, 0.15) is 163 Å². The van der Waals surface area contributed by atoms with Crippen molar-refractivity contribution in [3.63, 3.8) is 0 Å². The molecule has 4 fully saturated rings. The number of aliphatic hydroxyl groups is 2. The summed E-state index contributed by atoms with van der Waals surface area (Å²) in [6.07, 6.45) is 28.3. The minimum absolute atomic E-state index is 0.00117. The molecule has 52 heavy (non-hydrogen) atoms. The van der Waals surface area contributed by atoms with E-state index in [-0.39, 0.29) is 77.3 Å². The van der Waals surface area contributed by atoms with E-state index < -0.39 is 18.2 Å². The summed E-state index contributed by atoms with van der Waals surface area (Å²) in [4.78, 5) is 35.9. The highest BCUT2D eigenvalue weighted by Crippen LogP contribution is 2.68. The first kappa shape index (κ1) is 42.6. The smallest absolute Gasteiger partial charge is 0.322 e. The molecule has 1 amide bonds. The molecule has 4 aliphatic carbocycles. The molecule has 0 spiro atoms. The second-order valence-corrected chi connectivity index (χ2v) is 17.7. The maximum Gasteiger partial charge on any atom is 0.322 e. The summed E-state index contributed by atoms with van der Waals surface area (Å²) in [6.45, 7) is 8.64. The van der Waals surface area contributed by atoms with E-state index in [1.54, 1.807) is 0 Å². The fraction of sp³-hybridized carbons (Fsp3) is 0.841. The summed E-state index contributed by atoms with van der Waals surface area (Å²) >= 11 is 0. The van der Waals surface area contributed by atoms with Crippen molar-refractivity contribution >= 4 is 17.8 Å². The number of carbonyl (C=O) groups excluding carboxylic acids is 2. The zero-order chi connectivity index (χ0) is 37.7. The van der Waals surface area contributed by atoms with Gasteiger partial charge in [0.2, 0.25) is 5.91 Å². The standard InChI is InChI=1S/C44H73NO7/c1-5-6-7-8-9-10-11-12-13-14-15-16-17-18-19-20-41(51)52-33-25-26-43(3)32(27-33)28-37(46)42-35-23-22-34(44(35,4)38(47)29-36(42)43)31(2)21-24-39(48)45-30-40(49)50/h9-10,12-13,31-38,42,46-47H,5-8,11,14-30H2,1-4H3,(H,45,48)(H,49,50)/t31-,32?,33-,34-,35+,36+,37-,38+,42+,43+,44-/m1/s1. The van der Waals surface area contributed by atoms with E-state index in [4.69, 9.17) is 9.84 Å². The Bertz CT molecular complexity index is 1200.